The third-order valence-corrected chi connectivity index (χ3v) is 4.36. The second kappa shape index (κ2) is 8.44. The number of hydrogen-bond donors (Lipinski definition) is 2. The average Bonchev–Trinajstić information content (AvgIpc) is 2.67. The summed E-state index contributed by atoms with van der Waals surface area (Å²) >= 11 is 0. The molecule has 27 heavy (non-hydrogen) atoms. The molecule has 3 rings (SSSR count). The van der Waals surface area contributed by atoms with Crippen LogP contribution >= 0.6 is 0 Å². The lowest BCUT2D eigenvalue weighted by Crippen LogP contribution is -2.35. The van der Waals surface area contributed by atoms with Gasteiger partial charge in [0.15, 0.2) is 0 Å². The Morgan fingerprint density at radius 3 is 2.81 bits per heavy atom. The van der Waals surface area contributed by atoms with Crippen molar-refractivity contribution < 1.29 is 14.4 Å². The van der Waals surface area contributed by atoms with Crippen LogP contribution in [-0.4, -0.2) is 35.8 Å². The summed E-state index contributed by atoms with van der Waals surface area (Å²) in [7, 11) is 0. The van der Waals surface area contributed by atoms with Crippen LogP contribution < -0.4 is 15.5 Å². The lowest BCUT2D eigenvalue weighted by molar-refractivity contribution is -0.119. The number of amides is 3. The minimum Gasteiger partial charge on any atom is -0.356 e. The molecule has 0 spiro atoms. The Hall–Kier alpha value is -3.22. The van der Waals surface area contributed by atoms with Crippen LogP contribution in [0.25, 0.3) is 0 Å². The van der Waals surface area contributed by atoms with Crippen molar-refractivity contribution in [1.82, 2.24) is 10.3 Å². The monoisotopic (exact) mass is 366 g/mol. The van der Waals surface area contributed by atoms with E-state index in [1.165, 1.54) is 6.92 Å². The van der Waals surface area contributed by atoms with Gasteiger partial charge in [-0.3, -0.25) is 19.4 Å². The highest BCUT2D eigenvalue weighted by molar-refractivity contribution is 6.06. The van der Waals surface area contributed by atoms with Crippen LogP contribution in [0.2, 0.25) is 0 Å². The number of fused-ring (bicyclic) bond motifs is 1. The molecule has 1 aromatic heterocycles. The van der Waals surface area contributed by atoms with Crippen molar-refractivity contribution in [2.24, 2.45) is 0 Å². The first-order valence-corrected chi connectivity index (χ1v) is 8.93. The van der Waals surface area contributed by atoms with E-state index in [9.17, 15) is 14.4 Å². The summed E-state index contributed by atoms with van der Waals surface area (Å²) in [6, 6.07) is 9.08. The highest BCUT2D eigenvalue weighted by Gasteiger charge is 2.24. The SMILES string of the molecule is CC(=O)NCCC(=O)Nc1ccc2c(c1)CCCN2C(=O)c1cccnc1. The Bertz CT molecular complexity index is 852. The minimum atomic E-state index is -0.164. The lowest BCUT2D eigenvalue weighted by atomic mass is 10.00. The Labute approximate surface area is 157 Å². The number of nitrogens with one attached hydrogen (secondary N) is 2. The number of aromatic nitrogens is 1. The maximum Gasteiger partial charge on any atom is 0.259 e. The van der Waals surface area contributed by atoms with E-state index in [0.717, 1.165) is 24.1 Å². The zero-order chi connectivity index (χ0) is 19.2. The predicted octanol–water partition coefficient (Wildman–Crippen LogP) is 2.14. The first-order chi connectivity index (χ1) is 13.0. The number of hydrogen-bond acceptors (Lipinski definition) is 4. The van der Waals surface area contributed by atoms with Crippen LogP contribution in [0.1, 0.15) is 35.7 Å². The normalized spacial score (nSPS) is 12.9. The Morgan fingerprint density at radius 1 is 1.22 bits per heavy atom. The summed E-state index contributed by atoms with van der Waals surface area (Å²) in [6.07, 6.45) is 5.13. The van der Waals surface area contributed by atoms with Gasteiger partial charge in [0, 0.05) is 50.2 Å². The van der Waals surface area contributed by atoms with Crippen molar-refractivity contribution in [3.05, 3.63) is 53.9 Å². The van der Waals surface area contributed by atoms with Gasteiger partial charge in [-0.05, 0) is 48.7 Å². The Balaban J connectivity index is 1.70. The molecular formula is C20H22N4O3. The number of carbonyl (C=O) groups excluding carboxylic acids is 3. The van der Waals surface area contributed by atoms with Crippen molar-refractivity contribution in [2.45, 2.75) is 26.2 Å². The number of pyridine rings is 1. The zero-order valence-corrected chi connectivity index (χ0v) is 15.2. The van der Waals surface area contributed by atoms with Gasteiger partial charge >= 0.3 is 0 Å². The minimum absolute atomic E-state index is 0.0730. The van der Waals surface area contributed by atoms with E-state index in [4.69, 9.17) is 0 Å². The lowest BCUT2D eigenvalue weighted by Gasteiger charge is -2.30. The third kappa shape index (κ3) is 4.69. The number of benzene rings is 1. The van der Waals surface area contributed by atoms with Gasteiger partial charge in [-0.25, -0.2) is 0 Å². The molecule has 1 aromatic carbocycles. The molecule has 3 amide bonds. The van der Waals surface area contributed by atoms with Crippen molar-refractivity contribution in [2.75, 3.05) is 23.3 Å². The number of nitrogens with zero attached hydrogens (tertiary/aromatic N) is 2. The van der Waals surface area contributed by atoms with Gasteiger partial charge in [0.05, 0.1) is 5.56 Å². The number of aryl methyl sites for hydroxylation is 1. The van der Waals surface area contributed by atoms with Crippen LogP contribution in [-0.2, 0) is 16.0 Å². The van der Waals surface area contributed by atoms with Gasteiger partial charge in [-0.15, -0.1) is 0 Å². The number of carbonyl (C=O) groups is 3. The van der Waals surface area contributed by atoms with Crippen LogP contribution in [0.5, 0.6) is 0 Å². The second-order valence-corrected chi connectivity index (χ2v) is 6.43. The predicted molar refractivity (Wildman–Crippen MR) is 103 cm³/mol. The maximum atomic E-state index is 12.8. The van der Waals surface area contributed by atoms with E-state index in [1.54, 1.807) is 35.5 Å². The molecule has 0 unspecified atom stereocenters. The molecular weight excluding hydrogens is 344 g/mol. The van der Waals surface area contributed by atoms with Crippen LogP contribution in [0.15, 0.2) is 42.7 Å². The fourth-order valence-electron chi connectivity index (χ4n) is 3.11. The summed E-state index contributed by atoms with van der Waals surface area (Å²) in [5.74, 6) is -0.395. The Kier molecular flexibility index (Phi) is 5.80. The second-order valence-electron chi connectivity index (χ2n) is 6.43. The summed E-state index contributed by atoms with van der Waals surface area (Å²) < 4.78 is 0. The van der Waals surface area contributed by atoms with Crippen LogP contribution in [0.4, 0.5) is 11.4 Å². The van der Waals surface area contributed by atoms with Gasteiger partial charge < -0.3 is 15.5 Å². The fourth-order valence-corrected chi connectivity index (χ4v) is 3.11. The van der Waals surface area contributed by atoms with Gasteiger partial charge in [0.2, 0.25) is 11.8 Å². The first kappa shape index (κ1) is 18.6. The molecule has 7 heteroatoms. The van der Waals surface area contributed by atoms with Gasteiger partial charge in [-0.2, -0.15) is 0 Å². The average molecular weight is 366 g/mol. The molecule has 0 saturated carbocycles. The molecule has 0 aliphatic carbocycles. The maximum absolute atomic E-state index is 12.8. The molecule has 2 heterocycles. The fraction of sp³-hybridized carbons (Fsp3) is 0.300. The smallest absolute Gasteiger partial charge is 0.259 e. The van der Waals surface area contributed by atoms with Crippen LogP contribution in [0.3, 0.4) is 0 Å². The summed E-state index contributed by atoms with van der Waals surface area (Å²) in [5, 5.41) is 5.43. The molecule has 2 aromatic rings. The summed E-state index contributed by atoms with van der Waals surface area (Å²) in [6.45, 7) is 2.38. The van der Waals surface area contributed by atoms with E-state index in [2.05, 4.69) is 15.6 Å². The van der Waals surface area contributed by atoms with Crippen molar-refractivity contribution in [3.63, 3.8) is 0 Å². The van der Waals surface area contributed by atoms with Gasteiger partial charge in [0.25, 0.3) is 5.91 Å². The number of anilines is 2. The molecule has 2 N–H and O–H groups in total. The molecule has 0 saturated heterocycles. The van der Waals surface area contributed by atoms with Crippen LogP contribution in [0, 0.1) is 0 Å². The molecule has 0 fully saturated rings. The number of rotatable bonds is 5. The van der Waals surface area contributed by atoms with Gasteiger partial charge in [0.1, 0.15) is 0 Å². The third-order valence-electron chi connectivity index (χ3n) is 4.36. The molecule has 0 bridgehead atoms. The molecule has 140 valence electrons. The van der Waals surface area contributed by atoms with E-state index >= 15 is 0 Å². The zero-order valence-electron chi connectivity index (χ0n) is 15.2. The van der Waals surface area contributed by atoms with Crippen molar-refractivity contribution in [3.8, 4) is 0 Å². The molecule has 0 atom stereocenters. The van der Waals surface area contributed by atoms with E-state index in [0.29, 0.717) is 24.3 Å². The van der Waals surface area contributed by atoms with E-state index < -0.39 is 0 Å². The molecule has 7 nitrogen and oxygen atoms in total. The van der Waals surface area contributed by atoms with Crippen molar-refractivity contribution in [1.29, 1.82) is 0 Å². The van der Waals surface area contributed by atoms with E-state index in [1.807, 2.05) is 12.1 Å². The van der Waals surface area contributed by atoms with E-state index in [-0.39, 0.29) is 24.1 Å². The topological polar surface area (TPSA) is 91.4 Å². The summed E-state index contributed by atoms with van der Waals surface area (Å²) in [4.78, 5) is 41.4. The summed E-state index contributed by atoms with van der Waals surface area (Å²) in [5.41, 5.74) is 3.14. The quantitative estimate of drug-likeness (QED) is 0.848. The standard InChI is InChI=1S/C20H22N4O3/c1-14(25)22-10-8-19(26)23-17-6-7-18-15(12-17)5-3-11-24(18)20(27)16-4-2-9-21-13-16/h2,4,6-7,9,12-13H,3,5,8,10-11H2,1H3,(H,22,25)(H,23,26). The largest absolute Gasteiger partial charge is 0.356 e. The molecule has 1 aliphatic rings. The Morgan fingerprint density at radius 2 is 2.07 bits per heavy atom. The highest BCUT2D eigenvalue weighted by Crippen LogP contribution is 2.30. The van der Waals surface area contributed by atoms with Gasteiger partial charge in [-0.1, -0.05) is 0 Å². The molecule has 1 aliphatic heterocycles. The molecule has 0 radical (unpaired) electrons. The van der Waals surface area contributed by atoms with Crippen molar-refractivity contribution >= 4 is 29.1 Å². The highest BCUT2D eigenvalue weighted by atomic mass is 16.2. The first-order valence-electron chi connectivity index (χ1n) is 8.93.